The van der Waals surface area contributed by atoms with Gasteiger partial charge < -0.3 is 14.0 Å². The standard InChI is InChI=1S/C17H24N4O2/c1-13(14-4-6-15(22-3)7-5-14)10-21-8-9-23-16(11-21)17-19-18-12-20(17)2/h4-7,12-13,16H,8-11H2,1-3H3/t13-,16-/m1/s1. The third kappa shape index (κ3) is 3.71. The van der Waals surface area contributed by atoms with Crippen LogP contribution in [0, 0.1) is 0 Å². The van der Waals surface area contributed by atoms with Crippen molar-refractivity contribution in [1.29, 1.82) is 0 Å². The summed E-state index contributed by atoms with van der Waals surface area (Å²) in [5, 5.41) is 8.13. The van der Waals surface area contributed by atoms with Crippen LogP contribution < -0.4 is 4.74 Å². The zero-order valence-corrected chi connectivity index (χ0v) is 14.0. The number of morpholine rings is 1. The van der Waals surface area contributed by atoms with E-state index in [2.05, 4.69) is 34.2 Å². The molecule has 124 valence electrons. The molecule has 2 heterocycles. The normalized spacial score (nSPS) is 20.4. The van der Waals surface area contributed by atoms with E-state index in [0.29, 0.717) is 5.92 Å². The number of hydrogen-bond donors (Lipinski definition) is 0. The molecule has 1 aliphatic heterocycles. The smallest absolute Gasteiger partial charge is 0.163 e. The fourth-order valence-corrected chi connectivity index (χ4v) is 3.03. The van der Waals surface area contributed by atoms with Crippen molar-refractivity contribution in [3.05, 3.63) is 42.0 Å². The molecule has 1 saturated heterocycles. The first-order valence-corrected chi connectivity index (χ1v) is 7.99. The monoisotopic (exact) mass is 316 g/mol. The zero-order valence-electron chi connectivity index (χ0n) is 14.0. The van der Waals surface area contributed by atoms with E-state index in [0.717, 1.165) is 37.8 Å². The molecular formula is C17H24N4O2. The first-order valence-electron chi connectivity index (χ1n) is 7.99. The van der Waals surface area contributed by atoms with E-state index in [4.69, 9.17) is 9.47 Å². The van der Waals surface area contributed by atoms with E-state index >= 15 is 0 Å². The maximum atomic E-state index is 5.87. The third-order valence-corrected chi connectivity index (χ3v) is 4.40. The quantitative estimate of drug-likeness (QED) is 0.844. The summed E-state index contributed by atoms with van der Waals surface area (Å²) in [5.41, 5.74) is 1.33. The summed E-state index contributed by atoms with van der Waals surface area (Å²) in [5.74, 6) is 2.25. The lowest BCUT2D eigenvalue weighted by atomic mass is 10.00. The van der Waals surface area contributed by atoms with Gasteiger partial charge in [-0.05, 0) is 23.6 Å². The van der Waals surface area contributed by atoms with Gasteiger partial charge in [0.25, 0.3) is 0 Å². The van der Waals surface area contributed by atoms with Gasteiger partial charge in [-0.2, -0.15) is 0 Å². The van der Waals surface area contributed by atoms with E-state index in [1.54, 1.807) is 13.4 Å². The van der Waals surface area contributed by atoms with Gasteiger partial charge in [-0.1, -0.05) is 19.1 Å². The van der Waals surface area contributed by atoms with E-state index < -0.39 is 0 Å². The highest BCUT2D eigenvalue weighted by atomic mass is 16.5. The fourth-order valence-electron chi connectivity index (χ4n) is 3.03. The van der Waals surface area contributed by atoms with Crippen molar-refractivity contribution in [2.45, 2.75) is 18.9 Å². The predicted octanol–water partition coefficient (Wildman–Crippen LogP) is 2.00. The second-order valence-corrected chi connectivity index (χ2v) is 6.09. The van der Waals surface area contributed by atoms with Crippen LogP contribution in [0.5, 0.6) is 5.75 Å². The Bertz CT molecular complexity index is 626. The molecule has 1 fully saturated rings. The van der Waals surface area contributed by atoms with Crippen LogP contribution in [0.3, 0.4) is 0 Å². The number of aromatic nitrogens is 3. The number of ether oxygens (including phenoxy) is 2. The van der Waals surface area contributed by atoms with Gasteiger partial charge >= 0.3 is 0 Å². The molecule has 0 spiro atoms. The van der Waals surface area contributed by atoms with Crippen LogP contribution in [0.4, 0.5) is 0 Å². The Morgan fingerprint density at radius 2 is 2.13 bits per heavy atom. The Morgan fingerprint density at radius 1 is 1.35 bits per heavy atom. The molecular weight excluding hydrogens is 292 g/mol. The van der Waals surface area contributed by atoms with Crippen LogP contribution in [0.1, 0.15) is 30.3 Å². The van der Waals surface area contributed by atoms with E-state index in [9.17, 15) is 0 Å². The largest absolute Gasteiger partial charge is 0.497 e. The second kappa shape index (κ2) is 7.10. The summed E-state index contributed by atoms with van der Waals surface area (Å²) in [6.45, 7) is 5.80. The molecule has 6 heteroatoms. The van der Waals surface area contributed by atoms with E-state index in [-0.39, 0.29) is 6.10 Å². The minimum atomic E-state index is -0.000632. The maximum Gasteiger partial charge on any atom is 0.163 e. The summed E-state index contributed by atoms with van der Waals surface area (Å²) >= 11 is 0. The molecule has 23 heavy (non-hydrogen) atoms. The molecule has 2 aromatic rings. The number of benzene rings is 1. The first-order chi connectivity index (χ1) is 11.2. The lowest BCUT2D eigenvalue weighted by Crippen LogP contribution is -2.40. The Hall–Kier alpha value is -1.92. The first kappa shape index (κ1) is 16.0. The van der Waals surface area contributed by atoms with Gasteiger partial charge in [0.15, 0.2) is 5.82 Å². The Balaban J connectivity index is 1.61. The Kier molecular flexibility index (Phi) is 4.93. The fraction of sp³-hybridized carbons (Fsp3) is 0.529. The number of methoxy groups -OCH3 is 1. The predicted molar refractivity (Wildman–Crippen MR) is 87.5 cm³/mol. The van der Waals surface area contributed by atoms with Crippen molar-refractivity contribution in [3.8, 4) is 5.75 Å². The summed E-state index contributed by atoms with van der Waals surface area (Å²) < 4.78 is 13.0. The van der Waals surface area contributed by atoms with Crippen LogP contribution in [0.15, 0.2) is 30.6 Å². The number of aryl methyl sites for hydroxylation is 1. The summed E-state index contributed by atoms with van der Waals surface area (Å²) in [6.07, 6.45) is 1.72. The molecule has 2 atom stereocenters. The second-order valence-electron chi connectivity index (χ2n) is 6.09. The minimum absolute atomic E-state index is 0.000632. The lowest BCUT2D eigenvalue weighted by Gasteiger charge is -2.34. The average Bonchev–Trinajstić information content (AvgIpc) is 3.01. The van der Waals surface area contributed by atoms with Gasteiger partial charge in [0.05, 0.1) is 13.7 Å². The molecule has 0 bridgehead atoms. The summed E-state index contributed by atoms with van der Waals surface area (Å²) in [6, 6.07) is 8.33. The van der Waals surface area contributed by atoms with Gasteiger partial charge in [-0.15, -0.1) is 10.2 Å². The van der Waals surface area contributed by atoms with Crippen molar-refractivity contribution in [2.75, 3.05) is 33.4 Å². The topological polar surface area (TPSA) is 52.4 Å². The van der Waals surface area contributed by atoms with Crippen LogP contribution in [0.2, 0.25) is 0 Å². The van der Waals surface area contributed by atoms with Crippen molar-refractivity contribution < 1.29 is 9.47 Å². The van der Waals surface area contributed by atoms with Crippen LogP contribution >= 0.6 is 0 Å². The highest BCUT2D eigenvalue weighted by molar-refractivity contribution is 5.29. The molecule has 0 radical (unpaired) electrons. The van der Waals surface area contributed by atoms with Crippen LogP contribution in [-0.2, 0) is 11.8 Å². The van der Waals surface area contributed by atoms with Crippen molar-refractivity contribution in [3.63, 3.8) is 0 Å². The molecule has 3 rings (SSSR count). The van der Waals surface area contributed by atoms with Gasteiger partial charge in [0, 0.05) is 26.7 Å². The van der Waals surface area contributed by atoms with Gasteiger partial charge in [0.2, 0.25) is 0 Å². The molecule has 6 nitrogen and oxygen atoms in total. The molecule has 1 aromatic carbocycles. The summed E-state index contributed by atoms with van der Waals surface area (Å²) in [4.78, 5) is 2.44. The molecule has 0 unspecified atom stereocenters. The van der Waals surface area contributed by atoms with E-state index in [1.165, 1.54) is 5.56 Å². The average molecular weight is 316 g/mol. The van der Waals surface area contributed by atoms with Gasteiger partial charge in [-0.25, -0.2) is 0 Å². The summed E-state index contributed by atoms with van der Waals surface area (Å²) in [7, 11) is 3.65. The van der Waals surface area contributed by atoms with Gasteiger partial charge in [-0.3, -0.25) is 4.90 Å². The highest BCUT2D eigenvalue weighted by Crippen LogP contribution is 2.24. The lowest BCUT2D eigenvalue weighted by molar-refractivity contribution is -0.0369. The number of rotatable bonds is 5. The Labute approximate surface area is 137 Å². The zero-order chi connectivity index (χ0) is 16.2. The van der Waals surface area contributed by atoms with Crippen LogP contribution in [-0.4, -0.2) is 53.0 Å². The van der Waals surface area contributed by atoms with Crippen molar-refractivity contribution in [1.82, 2.24) is 19.7 Å². The molecule has 1 aliphatic rings. The molecule has 1 aromatic heterocycles. The van der Waals surface area contributed by atoms with Crippen molar-refractivity contribution in [2.24, 2.45) is 7.05 Å². The molecule has 0 aliphatic carbocycles. The minimum Gasteiger partial charge on any atom is -0.497 e. The number of hydrogen-bond acceptors (Lipinski definition) is 5. The van der Waals surface area contributed by atoms with Gasteiger partial charge in [0.1, 0.15) is 18.2 Å². The molecule has 0 N–H and O–H groups in total. The van der Waals surface area contributed by atoms with E-state index in [1.807, 2.05) is 23.7 Å². The third-order valence-electron chi connectivity index (χ3n) is 4.40. The molecule has 0 amide bonds. The highest BCUT2D eigenvalue weighted by Gasteiger charge is 2.26. The molecule has 0 saturated carbocycles. The van der Waals surface area contributed by atoms with Crippen LogP contribution in [0.25, 0.3) is 0 Å². The Morgan fingerprint density at radius 3 is 2.78 bits per heavy atom. The maximum absolute atomic E-state index is 5.87. The van der Waals surface area contributed by atoms with Crippen molar-refractivity contribution >= 4 is 0 Å². The number of nitrogens with zero attached hydrogens (tertiary/aromatic N) is 4. The SMILES string of the molecule is COc1ccc([C@H](C)CN2CCO[C@@H](c3nncn3C)C2)cc1.